The van der Waals surface area contributed by atoms with Gasteiger partial charge in [-0.05, 0) is 80.1 Å². The summed E-state index contributed by atoms with van der Waals surface area (Å²) in [5.74, 6) is 1.31. The lowest BCUT2D eigenvalue weighted by Crippen LogP contribution is -2.35. The smallest absolute Gasteiger partial charge is 0.254 e. The van der Waals surface area contributed by atoms with Gasteiger partial charge in [0.1, 0.15) is 10.8 Å². The zero-order valence-corrected chi connectivity index (χ0v) is 24.7. The van der Waals surface area contributed by atoms with Gasteiger partial charge in [-0.1, -0.05) is 42.5 Å². The lowest BCUT2D eigenvalue weighted by Gasteiger charge is -2.24. The van der Waals surface area contributed by atoms with E-state index < -0.39 is 5.54 Å². The minimum atomic E-state index is -0.871. The zero-order valence-electron chi connectivity index (χ0n) is 23.9. The third-order valence-corrected chi connectivity index (χ3v) is 8.66. The minimum absolute atomic E-state index is 0.0360. The molecule has 9 heteroatoms. The van der Waals surface area contributed by atoms with Gasteiger partial charge in [-0.2, -0.15) is 0 Å². The number of benzene rings is 3. The molecular formula is C33H33N5O3S. The lowest BCUT2D eigenvalue weighted by atomic mass is 9.94. The summed E-state index contributed by atoms with van der Waals surface area (Å²) in [6, 6.07) is 23.4. The molecule has 0 saturated carbocycles. The summed E-state index contributed by atoms with van der Waals surface area (Å²) in [6.45, 7) is 4.54. The van der Waals surface area contributed by atoms with Crippen LogP contribution in [0.25, 0.3) is 22.6 Å². The van der Waals surface area contributed by atoms with E-state index in [1.165, 1.54) is 0 Å². The van der Waals surface area contributed by atoms with Crippen LogP contribution in [-0.4, -0.2) is 39.6 Å². The highest BCUT2D eigenvalue weighted by atomic mass is 32.1. The highest BCUT2D eigenvalue weighted by Gasteiger charge is 2.33. The van der Waals surface area contributed by atoms with Gasteiger partial charge in [-0.15, -0.1) is 21.5 Å². The van der Waals surface area contributed by atoms with E-state index in [0.29, 0.717) is 35.9 Å². The lowest BCUT2D eigenvalue weighted by molar-refractivity contribution is 0.0735. The molecular weight excluding hydrogens is 546 g/mol. The van der Waals surface area contributed by atoms with Gasteiger partial charge in [-0.25, -0.2) is 4.98 Å². The predicted octanol–water partition coefficient (Wildman–Crippen LogP) is 6.57. The second-order valence-electron chi connectivity index (χ2n) is 11.0. The van der Waals surface area contributed by atoms with Crippen LogP contribution in [0.5, 0.6) is 5.75 Å². The molecule has 1 aliphatic rings. The zero-order chi connectivity index (χ0) is 29.3. The summed E-state index contributed by atoms with van der Waals surface area (Å²) in [4.78, 5) is 20.7. The number of nitrogens with two attached hydrogens (primary N) is 1. The Balaban J connectivity index is 1.38. The molecule has 3 aromatic carbocycles. The summed E-state index contributed by atoms with van der Waals surface area (Å²) < 4.78 is 11.7. The highest BCUT2D eigenvalue weighted by molar-refractivity contribution is 7.09. The van der Waals surface area contributed by atoms with Crippen molar-refractivity contribution in [3.8, 4) is 28.3 Å². The van der Waals surface area contributed by atoms with Crippen LogP contribution in [0.1, 0.15) is 58.3 Å². The largest absolute Gasteiger partial charge is 0.497 e. The molecule has 0 spiro atoms. The van der Waals surface area contributed by atoms with E-state index in [9.17, 15) is 4.79 Å². The number of hydrogen-bond donors (Lipinski definition) is 1. The molecule has 0 bridgehead atoms. The number of methoxy groups -OCH3 is 1. The highest BCUT2D eigenvalue weighted by Crippen LogP contribution is 2.37. The molecule has 2 N–H and O–H groups in total. The Bertz CT molecular complexity index is 1710. The van der Waals surface area contributed by atoms with Crippen molar-refractivity contribution in [2.75, 3.05) is 13.7 Å². The quantitative estimate of drug-likeness (QED) is 0.221. The molecule has 0 radical (unpaired) electrons. The van der Waals surface area contributed by atoms with Gasteiger partial charge in [-0.3, -0.25) is 4.79 Å². The first-order chi connectivity index (χ1) is 20.3. The van der Waals surface area contributed by atoms with E-state index in [1.54, 1.807) is 18.4 Å². The van der Waals surface area contributed by atoms with Crippen LogP contribution in [0.3, 0.4) is 0 Å². The van der Waals surface area contributed by atoms with Gasteiger partial charge in [0.25, 0.3) is 5.91 Å². The fraction of sp³-hybridized carbons (Fsp3) is 0.273. The summed E-state index contributed by atoms with van der Waals surface area (Å²) in [6.07, 6.45) is 2.36. The van der Waals surface area contributed by atoms with E-state index in [4.69, 9.17) is 14.9 Å². The van der Waals surface area contributed by atoms with Crippen molar-refractivity contribution >= 4 is 17.2 Å². The Morgan fingerprint density at radius 3 is 2.64 bits per heavy atom. The van der Waals surface area contributed by atoms with E-state index in [0.717, 1.165) is 46.0 Å². The molecule has 1 saturated heterocycles. The van der Waals surface area contributed by atoms with E-state index in [1.807, 2.05) is 96.9 Å². The van der Waals surface area contributed by atoms with Crippen LogP contribution in [0, 0.1) is 6.92 Å². The van der Waals surface area contributed by atoms with Crippen LogP contribution in [0.4, 0.5) is 0 Å². The first kappa shape index (κ1) is 27.8. The van der Waals surface area contributed by atoms with Crippen molar-refractivity contribution in [3.63, 3.8) is 0 Å². The SMILES string of the molecule is COc1cccc(-c2cc(C(=O)N3CCC[C@@H]3c3nc(C)cs3)cc(-c3nnc(C(C)(N)Cc4ccccc4)o3)c2)c1. The third-order valence-electron chi connectivity index (χ3n) is 7.59. The molecule has 2 aromatic heterocycles. The normalized spacial score (nSPS) is 16.4. The molecule has 42 heavy (non-hydrogen) atoms. The molecule has 1 aliphatic heterocycles. The molecule has 5 aromatic rings. The maximum Gasteiger partial charge on any atom is 0.254 e. The van der Waals surface area contributed by atoms with Crippen molar-refractivity contribution < 1.29 is 13.9 Å². The number of carbonyl (C=O) groups is 1. The second-order valence-corrected chi connectivity index (χ2v) is 11.9. The van der Waals surface area contributed by atoms with Gasteiger partial charge in [0, 0.05) is 28.7 Å². The summed E-state index contributed by atoms with van der Waals surface area (Å²) >= 11 is 1.61. The van der Waals surface area contributed by atoms with Gasteiger partial charge in [0.05, 0.1) is 18.7 Å². The van der Waals surface area contributed by atoms with Crippen molar-refractivity contribution in [1.82, 2.24) is 20.1 Å². The minimum Gasteiger partial charge on any atom is -0.497 e. The molecule has 3 heterocycles. The summed E-state index contributed by atoms with van der Waals surface area (Å²) in [7, 11) is 1.64. The number of aryl methyl sites for hydroxylation is 1. The first-order valence-electron chi connectivity index (χ1n) is 14.0. The monoisotopic (exact) mass is 579 g/mol. The first-order valence-corrected chi connectivity index (χ1v) is 14.9. The van der Waals surface area contributed by atoms with Crippen molar-refractivity contribution in [2.45, 2.75) is 44.7 Å². The summed E-state index contributed by atoms with van der Waals surface area (Å²) in [5.41, 5.74) is 10.8. The molecule has 6 rings (SSSR count). The van der Waals surface area contributed by atoms with Gasteiger partial charge in [0.15, 0.2) is 0 Å². The third kappa shape index (κ3) is 5.70. The molecule has 1 amide bonds. The Morgan fingerprint density at radius 2 is 1.88 bits per heavy atom. The number of aromatic nitrogens is 3. The molecule has 8 nitrogen and oxygen atoms in total. The van der Waals surface area contributed by atoms with Gasteiger partial charge < -0.3 is 19.8 Å². The van der Waals surface area contributed by atoms with Crippen LogP contribution in [-0.2, 0) is 12.0 Å². The Kier molecular flexibility index (Phi) is 7.62. The van der Waals surface area contributed by atoms with Gasteiger partial charge in [0.2, 0.25) is 11.8 Å². The average Bonchev–Trinajstić information content (AvgIpc) is 3.78. The van der Waals surface area contributed by atoms with Crippen LogP contribution >= 0.6 is 11.3 Å². The van der Waals surface area contributed by atoms with Crippen molar-refractivity contribution in [1.29, 1.82) is 0 Å². The van der Waals surface area contributed by atoms with Crippen LogP contribution in [0.15, 0.2) is 82.6 Å². The average molecular weight is 580 g/mol. The van der Waals surface area contributed by atoms with E-state index >= 15 is 0 Å². The maximum atomic E-state index is 14.1. The number of ether oxygens (including phenoxy) is 1. The number of carbonyl (C=O) groups excluding carboxylic acids is 1. The topological polar surface area (TPSA) is 107 Å². The maximum absolute atomic E-state index is 14.1. The second kappa shape index (κ2) is 11.5. The molecule has 0 aliphatic carbocycles. The molecule has 1 fully saturated rings. The Hall–Kier alpha value is -4.34. The number of hydrogen-bond acceptors (Lipinski definition) is 8. The number of likely N-dealkylation sites (tertiary alicyclic amines) is 1. The Morgan fingerprint density at radius 1 is 1.07 bits per heavy atom. The number of thiazole rings is 1. The fourth-order valence-corrected chi connectivity index (χ4v) is 6.41. The van der Waals surface area contributed by atoms with Crippen molar-refractivity contribution in [2.24, 2.45) is 5.73 Å². The van der Waals surface area contributed by atoms with E-state index in [2.05, 4.69) is 15.2 Å². The molecule has 214 valence electrons. The fourth-order valence-electron chi connectivity index (χ4n) is 5.47. The molecule has 1 unspecified atom stereocenters. The Labute approximate surface area is 249 Å². The summed E-state index contributed by atoms with van der Waals surface area (Å²) in [5, 5.41) is 11.7. The van der Waals surface area contributed by atoms with E-state index in [-0.39, 0.29) is 11.9 Å². The van der Waals surface area contributed by atoms with Crippen LogP contribution < -0.4 is 10.5 Å². The number of rotatable bonds is 8. The van der Waals surface area contributed by atoms with Crippen LogP contribution in [0.2, 0.25) is 0 Å². The standard InChI is InChI=1S/C33H33N5O3S/c1-21-20-42-30(35-21)28-13-8-14-38(28)31(39)26-16-24(23-11-7-12-27(18-23)40-3)15-25(17-26)29-36-37-32(41-29)33(2,34)19-22-9-5-4-6-10-22/h4-7,9-12,15-18,20,28H,8,13-14,19,34H2,1-3H3/t28-,33?/m1/s1. The number of amides is 1. The van der Waals surface area contributed by atoms with Crippen molar-refractivity contribution in [3.05, 3.63) is 106 Å². The van der Waals surface area contributed by atoms with Gasteiger partial charge >= 0.3 is 0 Å². The number of nitrogens with zero attached hydrogens (tertiary/aromatic N) is 4. The predicted molar refractivity (Wildman–Crippen MR) is 163 cm³/mol. The molecule has 2 atom stereocenters.